The molecule has 0 saturated carbocycles. The molecule has 0 saturated heterocycles. The highest BCUT2D eigenvalue weighted by atomic mass is 32.1. The molecule has 8 nitrogen and oxygen atoms in total. The van der Waals surface area contributed by atoms with E-state index >= 15 is 0 Å². The molecule has 2 N–H and O–H groups in total. The lowest BCUT2D eigenvalue weighted by Gasteiger charge is -2.11. The van der Waals surface area contributed by atoms with Gasteiger partial charge in [0.2, 0.25) is 0 Å². The van der Waals surface area contributed by atoms with Crippen molar-refractivity contribution in [3.8, 4) is 17.2 Å². The fraction of sp³-hybridized carbons (Fsp3) is 0.190. The van der Waals surface area contributed by atoms with Gasteiger partial charge in [0.1, 0.15) is 12.4 Å². The van der Waals surface area contributed by atoms with Crippen LogP contribution >= 0.6 is 11.3 Å². The summed E-state index contributed by atoms with van der Waals surface area (Å²) in [6.45, 7) is 2.29. The molecule has 0 unspecified atom stereocenters. The Kier molecular flexibility index (Phi) is 6.87. The lowest BCUT2D eigenvalue weighted by molar-refractivity contribution is 0.0846. The molecule has 2 amide bonds. The smallest absolute Gasteiger partial charge is 0.269 e. The van der Waals surface area contributed by atoms with Crippen LogP contribution in [0.1, 0.15) is 31.4 Å². The SMILES string of the molecule is COc1ccc(C(=O)NNC(=O)c2ccc(OCc3csc(C)n3)cc2)cc1OC. The summed E-state index contributed by atoms with van der Waals surface area (Å²) in [6, 6.07) is 11.3. The molecule has 3 rings (SSSR count). The largest absolute Gasteiger partial charge is 0.493 e. The van der Waals surface area contributed by atoms with Gasteiger partial charge >= 0.3 is 0 Å². The number of aryl methyl sites for hydroxylation is 1. The van der Waals surface area contributed by atoms with Crippen LogP contribution in [-0.4, -0.2) is 31.0 Å². The van der Waals surface area contributed by atoms with Crippen molar-refractivity contribution in [1.29, 1.82) is 0 Å². The Morgan fingerprint density at radius 3 is 2.17 bits per heavy atom. The number of ether oxygens (including phenoxy) is 3. The number of carbonyl (C=O) groups is 2. The van der Waals surface area contributed by atoms with Crippen LogP contribution in [0.2, 0.25) is 0 Å². The standard InChI is InChI=1S/C21H21N3O5S/c1-13-22-16(12-30-13)11-29-17-7-4-14(5-8-17)20(25)23-24-21(26)15-6-9-18(27-2)19(10-15)28-3/h4-10,12H,11H2,1-3H3,(H,23,25)(H,24,26). The molecule has 0 aliphatic rings. The van der Waals surface area contributed by atoms with Crippen molar-refractivity contribution < 1.29 is 23.8 Å². The van der Waals surface area contributed by atoms with Gasteiger partial charge in [-0.1, -0.05) is 0 Å². The highest BCUT2D eigenvalue weighted by molar-refractivity contribution is 7.09. The first kappa shape index (κ1) is 21.1. The molecular formula is C21H21N3O5S. The predicted octanol–water partition coefficient (Wildman–Crippen LogP) is 3.12. The third-order valence-corrected chi connectivity index (χ3v) is 4.93. The maximum atomic E-state index is 12.3. The summed E-state index contributed by atoms with van der Waals surface area (Å²) >= 11 is 1.56. The van der Waals surface area contributed by atoms with Crippen molar-refractivity contribution >= 4 is 23.2 Å². The van der Waals surface area contributed by atoms with E-state index in [0.717, 1.165) is 10.7 Å². The number of carbonyl (C=O) groups excluding carboxylic acids is 2. The Balaban J connectivity index is 1.53. The minimum atomic E-state index is -0.484. The number of benzene rings is 2. The van der Waals surface area contributed by atoms with Gasteiger partial charge in [0, 0.05) is 16.5 Å². The quantitative estimate of drug-likeness (QED) is 0.562. The summed E-state index contributed by atoms with van der Waals surface area (Å²) in [5, 5.41) is 2.92. The van der Waals surface area contributed by atoms with E-state index < -0.39 is 11.8 Å². The summed E-state index contributed by atoms with van der Waals surface area (Å²) in [5.41, 5.74) is 6.31. The second-order valence-corrected chi connectivity index (χ2v) is 7.21. The number of nitrogens with zero attached hydrogens (tertiary/aromatic N) is 1. The van der Waals surface area contributed by atoms with Crippen LogP contribution in [-0.2, 0) is 6.61 Å². The van der Waals surface area contributed by atoms with E-state index in [1.807, 2.05) is 12.3 Å². The normalized spacial score (nSPS) is 10.2. The third-order valence-electron chi connectivity index (χ3n) is 4.11. The van der Waals surface area contributed by atoms with Gasteiger partial charge in [-0.05, 0) is 49.4 Å². The molecule has 0 radical (unpaired) electrons. The number of hydrogen-bond donors (Lipinski definition) is 2. The molecule has 0 spiro atoms. The molecule has 0 bridgehead atoms. The molecule has 0 aliphatic carbocycles. The van der Waals surface area contributed by atoms with E-state index in [2.05, 4.69) is 15.8 Å². The molecular weight excluding hydrogens is 406 g/mol. The van der Waals surface area contributed by atoms with Crippen molar-refractivity contribution in [2.75, 3.05) is 14.2 Å². The number of rotatable bonds is 7. The average Bonchev–Trinajstić information content (AvgIpc) is 3.20. The zero-order valence-electron chi connectivity index (χ0n) is 16.7. The Morgan fingerprint density at radius 1 is 0.933 bits per heavy atom. The first-order valence-electron chi connectivity index (χ1n) is 8.96. The number of nitrogens with one attached hydrogen (secondary N) is 2. The van der Waals surface area contributed by atoms with Crippen LogP contribution in [0.25, 0.3) is 0 Å². The molecule has 1 aromatic heterocycles. The molecule has 30 heavy (non-hydrogen) atoms. The molecule has 0 fully saturated rings. The van der Waals surface area contributed by atoms with E-state index in [-0.39, 0.29) is 0 Å². The molecule has 3 aromatic rings. The molecule has 1 heterocycles. The summed E-state index contributed by atoms with van der Waals surface area (Å²) in [6.07, 6.45) is 0. The van der Waals surface area contributed by atoms with E-state index in [0.29, 0.717) is 35.0 Å². The number of methoxy groups -OCH3 is 2. The van der Waals surface area contributed by atoms with Crippen LogP contribution < -0.4 is 25.1 Å². The number of thiazole rings is 1. The van der Waals surface area contributed by atoms with E-state index in [9.17, 15) is 9.59 Å². The molecule has 156 valence electrons. The topological polar surface area (TPSA) is 98.8 Å². The molecule has 0 atom stereocenters. The van der Waals surface area contributed by atoms with Crippen LogP contribution in [0.3, 0.4) is 0 Å². The summed E-state index contributed by atoms with van der Waals surface area (Å²) < 4.78 is 16.0. The lowest BCUT2D eigenvalue weighted by Crippen LogP contribution is -2.41. The summed E-state index contributed by atoms with van der Waals surface area (Å²) in [4.78, 5) is 28.9. The van der Waals surface area contributed by atoms with Crippen molar-refractivity contribution in [2.24, 2.45) is 0 Å². The Morgan fingerprint density at radius 2 is 1.57 bits per heavy atom. The Hall–Kier alpha value is -3.59. The minimum Gasteiger partial charge on any atom is -0.493 e. The van der Waals surface area contributed by atoms with Gasteiger partial charge in [-0.3, -0.25) is 20.4 Å². The minimum absolute atomic E-state index is 0.314. The maximum absolute atomic E-state index is 12.3. The van der Waals surface area contributed by atoms with E-state index in [1.165, 1.54) is 20.3 Å². The van der Waals surface area contributed by atoms with Gasteiger partial charge in [-0.15, -0.1) is 11.3 Å². The summed E-state index contributed by atoms with van der Waals surface area (Å²) in [7, 11) is 2.99. The fourth-order valence-corrected chi connectivity index (χ4v) is 3.17. The number of aromatic nitrogens is 1. The highest BCUT2D eigenvalue weighted by Crippen LogP contribution is 2.27. The molecule has 9 heteroatoms. The van der Waals surface area contributed by atoms with E-state index in [1.54, 1.807) is 47.7 Å². The number of hydrazine groups is 1. The second-order valence-electron chi connectivity index (χ2n) is 6.15. The molecule has 2 aromatic carbocycles. The van der Waals surface area contributed by atoms with Crippen LogP contribution in [0.4, 0.5) is 0 Å². The first-order chi connectivity index (χ1) is 14.5. The van der Waals surface area contributed by atoms with Gasteiger partial charge in [-0.25, -0.2) is 4.98 Å². The van der Waals surface area contributed by atoms with Crippen LogP contribution in [0, 0.1) is 6.92 Å². The van der Waals surface area contributed by atoms with Crippen LogP contribution in [0.15, 0.2) is 47.8 Å². The summed E-state index contributed by atoms with van der Waals surface area (Å²) in [5.74, 6) is 0.602. The lowest BCUT2D eigenvalue weighted by atomic mass is 10.2. The van der Waals surface area contributed by atoms with Crippen molar-refractivity contribution in [1.82, 2.24) is 15.8 Å². The monoisotopic (exact) mass is 427 g/mol. The molecule has 0 aliphatic heterocycles. The van der Waals surface area contributed by atoms with Crippen molar-refractivity contribution in [3.05, 3.63) is 69.7 Å². The number of amides is 2. The van der Waals surface area contributed by atoms with Gasteiger partial charge in [-0.2, -0.15) is 0 Å². The highest BCUT2D eigenvalue weighted by Gasteiger charge is 2.12. The van der Waals surface area contributed by atoms with Crippen molar-refractivity contribution in [2.45, 2.75) is 13.5 Å². The fourth-order valence-electron chi connectivity index (χ4n) is 2.57. The zero-order valence-corrected chi connectivity index (χ0v) is 17.5. The zero-order chi connectivity index (χ0) is 21.5. The van der Waals surface area contributed by atoms with Gasteiger partial charge < -0.3 is 14.2 Å². The third kappa shape index (κ3) is 5.26. The van der Waals surface area contributed by atoms with Gasteiger partial charge in [0.25, 0.3) is 11.8 Å². The van der Waals surface area contributed by atoms with Gasteiger partial charge in [0.15, 0.2) is 11.5 Å². The van der Waals surface area contributed by atoms with Gasteiger partial charge in [0.05, 0.1) is 24.9 Å². The predicted molar refractivity (Wildman–Crippen MR) is 112 cm³/mol. The van der Waals surface area contributed by atoms with Crippen LogP contribution in [0.5, 0.6) is 17.2 Å². The average molecular weight is 427 g/mol. The maximum Gasteiger partial charge on any atom is 0.269 e. The first-order valence-corrected chi connectivity index (χ1v) is 9.84. The Labute approximate surface area is 177 Å². The van der Waals surface area contributed by atoms with E-state index in [4.69, 9.17) is 14.2 Å². The number of hydrogen-bond acceptors (Lipinski definition) is 7. The van der Waals surface area contributed by atoms with Crippen molar-refractivity contribution in [3.63, 3.8) is 0 Å². The second kappa shape index (κ2) is 9.75. The Bertz CT molecular complexity index is 1030.